The van der Waals surface area contributed by atoms with E-state index in [1.165, 1.54) is 25.1 Å². The van der Waals surface area contributed by atoms with Crippen LogP contribution in [0, 0.1) is 5.92 Å². The maximum Gasteiger partial charge on any atom is 0.0117 e. The summed E-state index contributed by atoms with van der Waals surface area (Å²) >= 11 is 1.96. The van der Waals surface area contributed by atoms with Gasteiger partial charge in [-0.3, -0.25) is 4.90 Å². The topological polar surface area (TPSA) is 15.3 Å². The summed E-state index contributed by atoms with van der Waals surface area (Å²) in [6.45, 7) is 8.43. The van der Waals surface area contributed by atoms with Gasteiger partial charge < -0.3 is 5.32 Å². The summed E-state index contributed by atoms with van der Waals surface area (Å²) in [5, 5.41) is 3.46. The van der Waals surface area contributed by atoms with Crippen molar-refractivity contribution in [2.24, 2.45) is 5.92 Å². The lowest BCUT2D eigenvalue weighted by atomic mass is 9.86. The van der Waals surface area contributed by atoms with Crippen LogP contribution in [0.5, 0.6) is 0 Å². The van der Waals surface area contributed by atoms with Gasteiger partial charge in [0.15, 0.2) is 0 Å². The molecule has 1 rings (SSSR count). The van der Waals surface area contributed by atoms with Crippen LogP contribution in [0.3, 0.4) is 0 Å². The standard InChI is InChI=1S/C13H28N2S/c1-10(7-9-16-5)15-8-6-13(14-4)11(2)12(15)3/h10-14H,6-9H2,1-5H3. The second-order valence-electron chi connectivity index (χ2n) is 5.15. The molecule has 1 saturated heterocycles. The highest BCUT2D eigenvalue weighted by molar-refractivity contribution is 7.98. The van der Waals surface area contributed by atoms with Gasteiger partial charge in [-0.1, -0.05) is 6.92 Å². The van der Waals surface area contributed by atoms with Gasteiger partial charge >= 0.3 is 0 Å². The van der Waals surface area contributed by atoms with E-state index in [-0.39, 0.29) is 0 Å². The van der Waals surface area contributed by atoms with Crippen molar-refractivity contribution in [2.45, 2.75) is 51.7 Å². The Morgan fingerprint density at radius 3 is 2.69 bits per heavy atom. The van der Waals surface area contributed by atoms with Crippen molar-refractivity contribution in [1.29, 1.82) is 0 Å². The molecule has 0 spiro atoms. The van der Waals surface area contributed by atoms with E-state index in [1.807, 2.05) is 11.8 Å². The van der Waals surface area contributed by atoms with Gasteiger partial charge in [0.2, 0.25) is 0 Å². The highest BCUT2D eigenvalue weighted by atomic mass is 32.2. The Labute approximate surface area is 106 Å². The molecule has 1 heterocycles. The van der Waals surface area contributed by atoms with Crippen molar-refractivity contribution in [1.82, 2.24) is 10.2 Å². The van der Waals surface area contributed by atoms with Gasteiger partial charge in [-0.15, -0.1) is 0 Å². The smallest absolute Gasteiger partial charge is 0.0117 e. The highest BCUT2D eigenvalue weighted by Crippen LogP contribution is 2.26. The minimum Gasteiger partial charge on any atom is -0.317 e. The molecular formula is C13H28N2S. The summed E-state index contributed by atoms with van der Waals surface area (Å²) in [5.41, 5.74) is 0. The zero-order valence-corrected chi connectivity index (χ0v) is 12.3. The van der Waals surface area contributed by atoms with E-state index in [1.54, 1.807) is 0 Å². The molecule has 3 heteroatoms. The van der Waals surface area contributed by atoms with Crippen molar-refractivity contribution < 1.29 is 0 Å². The summed E-state index contributed by atoms with van der Waals surface area (Å²) in [5.74, 6) is 2.05. The first-order valence-corrected chi connectivity index (χ1v) is 7.93. The van der Waals surface area contributed by atoms with E-state index in [0.29, 0.717) is 12.1 Å². The quantitative estimate of drug-likeness (QED) is 0.800. The Morgan fingerprint density at radius 2 is 2.12 bits per heavy atom. The van der Waals surface area contributed by atoms with Crippen molar-refractivity contribution >= 4 is 11.8 Å². The molecule has 0 saturated carbocycles. The fourth-order valence-corrected chi connectivity index (χ4v) is 3.45. The van der Waals surface area contributed by atoms with Crippen LogP contribution in [0.1, 0.15) is 33.6 Å². The van der Waals surface area contributed by atoms with Gasteiger partial charge in [-0.25, -0.2) is 0 Å². The van der Waals surface area contributed by atoms with Crippen molar-refractivity contribution in [3.05, 3.63) is 0 Å². The number of piperidine rings is 1. The molecular weight excluding hydrogens is 216 g/mol. The first-order chi connectivity index (χ1) is 7.61. The third-order valence-corrected chi connectivity index (χ3v) is 4.94. The van der Waals surface area contributed by atoms with Crippen LogP contribution in [0.2, 0.25) is 0 Å². The van der Waals surface area contributed by atoms with E-state index < -0.39 is 0 Å². The molecule has 4 atom stereocenters. The molecule has 0 aliphatic carbocycles. The largest absolute Gasteiger partial charge is 0.317 e. The Balaban J connectivity index is 2.49. The Bertz CT molecular complexity index is 198. The number of thioether (sulfide) groups is 1. The summed E-state index contributed by atoms with van der Waals surface area (Å²) in [6, 6.07) is 2.16. The van der Waals surface area contributed by atoms with Crippen molar-refractivity contribution in [3.8, 4) is 0 Å². The van der Waals surface area contributed by atoms with E-state index in [9.17, 15) is 0 Å². The zero-order chi connectivity index (χ0) is 12.1. The van der Waals surface area contributed by atoms with Gasteiger partial charge in [-0.05, 0) is 51.7 Å². The molecule has 1 N–H and O–H groups in total. The number of nitrogens with one attached hydrogen (secondary N) is 1. The van der Waals surface area contributed by atoms with Crippen LogP contribution in [0.15, 0.2) is 0 Å². The average molecular weight is 244 g/mol. The number of hydrogen-bond donors (Lipinski definition) is 1. The predicted molar refractivity (Wildman–Crippen MR) is 75.3 cm³/mol. The molecule has 2 nitrogen and oxygen atoms in total. The number of nitrogens with zero attached hydrogens (tertiary/aromatic N) is 1. The van der Waals surface area contributed by atoms with Crippen LogP contribution >= 0.6 is 11.8 Å². The fraction of sp³-hybridized carbons (Fsp3) is 1.00. The molecule has 1 aliphatic heterocycles. The monoisotopic (exact) mass is 244 g/mol. The number of hydrogen-bond acceptors (Lipinski definition) is 3. The molecule has 0 aromatic carbocycles. The summed E-state index contributed by atoms with van der Waals surface area (Å²) in [6.07, 6.45) is 4.82. The summed E-state index contributed by atoms with van der Waals surface area (Å²) in [7, 11) is 2.10. The Kier molecular flexibility index (Phi) is 6.16. The first kappa shape index (κ1) is 14.3. The van der Waals surface area contributed by atoms with Gasteiger partial charge in [0.1, 0.15) is 0 Å². The van der Waals surface area contributed by atoms with Crippen LogP contribution in [0.25, 0.3) is 0 Å². The van der Waals surface area contributed by atoms with E-state index >= 15 is 0 Å². The van der Waals surface area contributed by atoms with Crippen LogP contribution in [0.4, 0.5) is 0 Å². The first-order valence-electron chi connectivity index (χ1n) is 6.53. The third-order valence-electron chi connectivity index (χ3n) is 4.29. The molecule has 16 heavy (non-hydrogen) atoms. The minimum absolute atomic E-state index is 0.707. The molecule has 96 valence electrons. The normalized spacial score (nSPS) is 33.9. The van der Waals surface area contributed by atoms with E-state index in [2.05, 4.69) is 44.3 Å². The molecule has 4 unspecified atom stereocenters. The lowest BCUT2D eigenvalue weighted by molar-refractivity contribution is 0.0540. The molecule has 0 amide bonds. The van der Waals surface area contributed by atoms with Crippen molar-refractivity contribution in [2.75, 3.05) is 25.6 Å². The third kappa shape index (κ3) is 3.38. The summed E-state index contributed by atoms with van der Waals surface area (Å²) in [4.78, 5) is 2.70. The Hall–Kier alpha value is 0.270. The van der Waals surface area contributed by atoms with Crippen LogP contribution in [-0.2, 0) is 0 Å². The lowest BCUT2D eigenvalue weighted by Crippen LogP contribution is -2.55. The van der Waals surface area contributed by atoms with Crippen LogP contribution < -0.4 is 5.32 Å². The molecule has 0 aromatic heterocycles. The SMILES string of the molecule is CNC1CCN(C(C)CCSC)C(C)C1C. The highest BCUT2D eigenvalue weighted by Gasteiger charge is 2.33. The zero-order valence-electron chi connectivity index (χ0n) is 11.5. The minimum atomic E-state index is 0.707. The Morgan fingerprint density at radius 1 is 1.44 bits per heavy atom. The van der Waals surface area contributed by atoms with E-state index in [0.717, 1.165) is 12.0 Å². The molecule has 0 radical (unpaired) electrons. The van der Waals surface area contributed by atoms with Gasteiger partial charge in [0.25, 0.3) is 0 Å². The second kappa shape index (κ2) is 6.87. The van der Waals surface area contributed by atoms with Gasteiger partial charge in [0.05, 0.1) is 0 Å². The second-order valence-corrected chi connectivity index (χ2v) is 6.14. The fourth-order valence-electron chi connectivity index (χ4n) is 2.88. The molecule has 0 aromatic rings. The number of likely N-dealkylation sites (tertiary alicyclic amines) is 1. The average Bonchev–Trinajstić information content (AvgIpc) is 2.29. The number of rotatable bonds is 5. The lowest BCUT2D eigenvalue weighted by Gasteiger charge is -2.45. The van der Waals surface area contributed by atoms with Crippen LogP contribution in [-0.4, -0.2) is 48.6 Å². The molecule has 1 fully saturated rings. The predicted octanol–water partition coefficient (Wildman–Crippen LogP) is 2.45. The van der Waals surface area contributed by atoms with Gasteiger partial charge in [0, 0.05) is 24.7 Å². The maximum atomic E-state index is 3.46. The maximum absolute atomic E-state index is 3.46. The van der Waals surface area contributed by atoms with Crippen molar-refractivity contribution in [3.63, 3.8) is 0 Å². The van der Waals surface area contributed by atoms with E-state index in [4.69, 9.17) is 0 Å². The molecule has 0 bridgehead atoms. The molecule has 1 aliphatic rings. The summed E-state index contributed by atoms with van der Waals surface area (Å²) < 4.78 is 0. The van der Waals surface area contributed by atoms with Gasteiger partial charge in [-0.2, -0.15) is 11.8 Å².